The molecule has 9 nitrogen and oxygen atoms in total. The van der Waals surface area contributed by atoms with Crippen molar-refractivity contribution in [3.8, 4) is 11.5 Å². The first kappa shape index (κ1) is 30.0. The number of nitrogens with zero attached hydrogens (tertiary/aromatic N) is 3. The molecule has 0 unspecified atom stereocenters. The Morgan fingerprint density at radius 1 is 0.957 bits per heavy atom. The van der Waals surface area contributed by atoms with Crippen molar-refractivity contribution in [3.05, 3.63) is 77.6 Å². The second-order valence-electron chi connectivity index (χ2n) is 13.0. The fourth-order valence-electron chi connectivity index (χ4n) is 7.74. The quantitative estimate of drug-likeness (QED) is 0.174. The standard InChI is InChI=1S/C37H41N5O4/c1-46-31(43)17-12-25-10-14-28(15-11-25)39-36(45)37(18-5-6-19-37)40-35(44)27-13-16-29-30(24-27)42-22-7-21-41-23-20-38-34(41)33(42)32(29)26-8-3-2-4-9-26/h10-17,20,23-24,26H,2-9,18-19,21-22H2,1H3,(H,39,45)(H,40,44)/b17-12+. The maximum Gasteiger partial charge on any atom is 0.330 e. The second-order valence-corrected chi connectivity index (χ2v) is 13.0. The van der Waals surface area contributed by atoms with E-state index < -0.39 is 11.5 Å². The number of fused-ring (bicyclic) bond motifs is 5. The summed E-state index contributed by atoms with van der Waals surface area (Å²) in [6.45, 7) is 1.80. The molecule has 9 heteroatoms. The zero-order chi connectivity index (χ0) is 31.7. The highest BCUT2D eigenvalue weighted by atomic mass is 16.5. The van der Waals surface area contributed by atoms with Gasteiger partial charge in [0.2, 0.25) is 5.91 Å². The predicted molar refractivity (Wildman–Crippen MR) is 178 cm³/mol. The number of aryl methyl sites for hydroxylation is 2. The molecule has 4 aromatic rings. The number of hydrogen-bond acceptors (Lipinski definition) is 5. The molecule has 2 aliphatic carbocycles. The molecule has 2 aromatic heterocycles. The van der Waals surface area contributed by atoms with Gasteiger partial charge in [-0.1, -0.05) is 50.3 Å². The van der Waals surface area contributed by atoms with Crippen LogP contribution >= 0.6 is 0 Å². The van der Waals surface area contributed by atoms with Gasteiger partial charge < -0.3 is 24.5 Å². The van der Waals surface area contributed by atoms with Gasteiger partial charge in [-0.15, -0.1) is 0 Å². The molecule has 1 aliphatic heterocycles. The monoisotopic (exact) mass is 619 g/mol. The van der Waals surface area contributed by atoms with Gasteiger partial charge in [-0.3, -0.25) is 9.59 Å². The van der Waals surface area contributed by atoms with Gasteiger partial charge in [-0.2, -0.15) is 0 Å². The van der Waals surface area contributed by atoms with Crippen molar-refractivity contribution < 1.29 is 19.1 Å². The zero-order valence-corrected chi connectivity index (χ0v) is 26.4. The Morgan fingerprint density at radius 2 is 1.74 bits per heavy atom. The lowest BCUT2D eigenvalue weighted by Crippen LogP contribution is -2.55. The molecule has 3 aliphatic rings. The van der Waals surface area contributed by atoms with Crippen molar-refractivity contribution >= 4 is 40.4 Å². The molecule has 0 spiro atoms. The minimum Gasteiger partial charge on any atom is -0.466 e. The summed E-state index contributed by atoms with van der Waals surface area (Å²) >= 11 is 0. The molecule has 2 aromatic carbocycles. The average molecular weight is 620 g/mol. The number of aromatic nitrogens is 3. The van der Waals surface area contributed by atoms with Crippen molar-refractivity contribution in [2.24, 2.45) is 0 Å². The van der Waals surface area contributed by atoms with Crippen LogP contribution in [0.15, 0.2) is 60.9 Å². The summed E-state index contributed by atoms with van der Waals surface area (Å²) in [6, 6.07) is 13.3. The molecule has 0 atom stereocenters. The first-order valence-electron chi connectivity index (χ1n) is 16.6. The number of nitrogens with one attached hydrogen (secondary N) is 2. The topological polar surface area (TPSA) is 107 Å². The summed E-state index contributed by atoms with van der Waals surface area (Å²) in [6.07, 6.45) is 17.0. The molecule has 2 fully saturated rings. The SMILES string of the molecule is COC(=O)/C=C/c1ccc(NC(=O)C2(NC(=O)c3ccc4c(C5CCCCC5)c5n(c4c3)CCCn3ccnc3-5)CCCC2)cc1. The minimum absolute atomic E-state index is 0.208. The van der Waals surface area contributed by atoms with Gasteiger partial charge in [0.1, 0.15) is 5.54 Å². The molecule has 2 saturated carbocycles. The maximum atomic E-state index is 13.9. The van der Waals surface area contributed by atoms with Crippen LogP contribution in [0.3, 0.4) is 0 Å². The third-order valence-corrected chi connectivity index (χ3v) is 10.1. The summed E-state index contributed by atoms with van der Waals surface area (Å²) in [5.41, 5.74) is 4.69. The molecular formula is C37H41N5O4. The summed E-state index contributed by atoms with van der Waals surface area (Å²) in [7, 11) is 1.33. The van der Waals surface area contributed by atoms with Gasteiger partial charge in [-0.25, -0.2) is 9.78 Å². The molecule has 238 valence electrons. The first-order valence-corrected chi connectivity index (χ1v) is 16.6. The fourth-order valence-corrected chi connectivity index (χ4v) is 7.74. The number of methoxy groups -OCH3 is 1. The minimum atomic E-state index is -0.983. The van der Waals surface area contributed by atoms with E-state index in [0.717, 1.165) is 49.3 Å². The van der Waals surface area contributed by atoms with Crippen LogP contribution in [0, 0.1) is 0 Å². The Morgan fingerprint density at radius 3 is 2.50 bits per heavy atom. The second kappa shape index (κ2) is 12.6. The van der Waals surface area contributed by atoms with E-state index in [2.05, 4.69) is 36.8 Å². The molecule has 0 saturated heterocycles. The molecule has 3 heterocycles. The lowest BCUT2D eigenvalue weighted by molar-refractivity contribution is -0.134. The number of benzene rings is 2. The summed E-state index contributed by atoms with van der Waals surface area (Å²) in [5.74, 6) is 0.639. The molecule has 0 bridgehead atoms. The van der Waals surface area contributed by atoms with Crippen molar-refractivity contribution in [3.63, 3.8) is 0 Å². The van der Waals surface area contributed by atoms with E-state index >= 15 is 0 Å². The van der Waals surface area contributed by atoms with Crippen molar-refractivity contribution in [1.82, 2.24) is 19.4 Å². The van der Waals surface area contributed by atoms with Crippen LogP contribution in [-0.4, -0.2) is 44.6 Å². The van der Waals surface area contributed by atoms with Crippen LogP contribution in [0.25, 0.3) is 28.5 Å². The van der Waals surface area contributed by atoms with Crippen LogP contribution in [0.1, 0.15) is 91.6 Å². The van der Waals surface area contributed by atoms with Crippen LogP contribution in [0.5, 0.6) is 0 Å². The van der Waals surface area contributed by atoms with Crippen molar-refractivity contribution in [2.45, 2.75) is 88.8 Å². The van der Waals surface area contributed by atoms with Crippen LogP contribution < -0.4 is 10.6 Å². The Balaban J connectivity index is 1.16. The third kappa shape index (κ3) is 5.63. The van der Waals surface area contributed by atoms with Gasteiger partial charge >= 0.3 is 5.97 Å². The van der Waals surface area contributed by atoms with E-state index in [-0.39, 0.29) is 11.8 Å². The number of amides is 2. The Labute approximate surface area is 269 Å². The number of carbonyl (C=O) groups is 3. The van der Waals surface area contributed by atoms with Gasteiger partial charge in [0.25, 0.3) is 5.91 Å². The molecule has 7 rings (SSSR count). The number of ether oxygens (including phenoxy) is 1. The fraction of sp³-hybridized carbons (Fsp3) is 0.405. The van der Waals surface area contributed by atoms with E-state index in [0.29, 0.717) is 30.0 Å². The van der Waals surface area contributed by atoms with Gasteiger partial charge in [0, 0.05) is 53.7 Å². The Kier molecular flexibility index (Phi) is 8.23. The lowest BCUT2D eigenvalue weighted by Gasteiger charge is -2.29. The number of hydrogen-bond donors (Lipinski definition) is 2. The molecular weight excluding hydrogens is 578 g/mol. The van der Waals surface area contributed by atoms with E-state index in [9.17, 15) is 14.4 Å². The van der Waals surface area contributed by atoms with Gasteiger partial charge in [0.05, 0.1) is 12.8 Å². The van der Waals surface area contributed by atoms with E-state index in [4.69, 9.17) is 4.98 Å². The van der Waals surface area contributed by atoms with Crippen molar-refractivity contribution in [1.29, 1.82) is 0 Å². The number of imidazole rings is 1. The maximum absolute atomic E-state index is 13.9. The van der Waals surface area contributed by atoms with Crippen LogP contribution in [0.2, 0.25) is 0 Å². The predicted octanol–water partition coefficient (Wildman–Crippen LogP) is 6.82. The Hall–Kier alpha value is -4.66. The summed E-state index contributed by atoms with van der Waals surface area (Å²) in [4.78, 5) is 43.9. The van der Waals surface area contributed by atoms with Gasteiger partial charge in [0.15, 0.2) is 5.82 Å². The number of esters is 1. The van der Waals surface area contributed by atoms with E-state index in [1.807, 2.05) is 30.5 Å². The molecule has 0 radical (unpaired) electrons. The summed E-state index contributed by atoms with van der Waals surface area (Å²) in [5, 5.41) is 7.42. The highest BCUT2D eigenvalue weighted by molar-refractivity contribution is 6.05. The number of rotatable bonds is 7. The number of carbonyl (C=O) groups excluding carboxylic acids is 3. The smallest absolute Gasteiger partial charge is 0.330 e. The third-order valence-electron chi connectivity index (χ3n) is 10.1. The largest absolute Gasteiger partial charge is 0.466 e. The van der Waals surface area contributed by atoms with E-state index in [1.54, 1.807) is 18.2 Å². The lowest BCUT2D eigenvalue weighted by atomic mass is 9.82. The van der Waals surface area contributed by atoms with Crippen LogP contribution in [0.4, 0.5) is 5.69 Å². The molecule has 2 amide bonds. The highest BCUT2D eigenvalue weighted by Gasteiger charge is 2.43. The first-order chi connectivity index (χ1) is 22.5. The van der Waals surface area contributed by atoms with Gasteiger partial charge in [-0.05, 0) is 79.5 Å². The molecule has 2 N–H and O–H groups in total. The highest BCUT2D eigenvalue weighted by Crippen LogP contribution is 2.45. The normalized spacial score (nSPS) is 17.8. The van der Waals surface area contributed by atoms with Crippen LogP contribution in [-0.2, 0) is 27.4 Å². The molecule has 46 heavy (non-hydrogen) atoms. The number of anilines is 1. The zero-order valence-electron chi connectivity index (χ0n) is 26.4. The van der Waals surface area contributed by atoms with Crippen molar-refractivity contribution in [2.75, 3.05) is 12.4 Å². The summed E-state index contributed by atoms with van der Waals surface area (Å²) < 4.78 is 9.31. The average Bonchev–Trinajstić information content (AvgIpc) is 3.80. The van der Waals surface area contributed by atoms with E-state index in [1.165, 1.54) is 61.9 Å². The Bertz CT molecular complexity index is 1800.